The highest BCUT2D eigenvalue weighted by molar-refractivity contribution is 7.91. The van der Waals surface area contributed by atoms with Crippen molar-refractivity contribution in [2.24, 2.45) is 0 Å². The van der Waals surface area contributed by atoms with Crippen molar-refractivity contribution in [3.63, 3.8) is 0 Å². The number of sulfone groups is 1. The molecule has 1 saturated carbocycles. The van der Waals surface area contributed by atoms with E-state index in [-0.39, 0.29) is 57.2 Å². The lowest BCUT2D eigenvalue weighted by atomic mass is 9.90. The smallest absolute Gasteiger partial charge is 0.251 e. The third-order valence-electron chi connectivity index (χ3n) is 6.95. The van der Waals surface area contributed by atoms with E-state index in [4.69, 9.17) is 22.1 Å². The molecule has 0 spiro atoms. The van der Waals surface area contributed by atoms with Crippen molar-refractivity contribution in [3.8, 4) is 5.75 Å². The predicted octanol–water partition coefficient (Wildman–Crippen LogP) is 4.57. The second kappa shape index (κ2) is 13.9. The van der Waals surface area contributed by atoms with Crippen LogP contribution < -0.4 is 31.7 Å². The van der Waals surface area contributed by atoms with E-state index in [2.05, 4.69) is 31.2 Å². The lowest BCUT2D eigenvalue weighted by Crippen LogP contribution is -2.45. The molecular formula is C29H36ClN7O5S. The van der Waals surface area contributed by atoms with Gasteiger partial charge in [0, 0.05) is 24.6 Å². The van der Waals surface area contributed by atoms with Crippen LogP contribution in [0, 0.1) is 0 Å². The first-order valence-corrected chi connectivity index (χ1v) is 16.0. The summed E-state index contributed by atoms with van der Waals surface area (Å²) in [5.74, 6) is 0.156. The molecule has 2 atom stereocenters. The monoisotopic (exact) mass is 629 g/mol. The number of benzene rings is 2. The van der Waals surface area contributed by atoms with E-state index >= 15 is 0 Å². The molecule has 0 radical (unpaired) electrons. The molecule has 2 amide bonds. The molecule has 1 fully saturated rings. The quantitative estimate of drug-likeness (QED) is 0.202. The average Bonchev–Trinajstić information content (AvgIpc) is 2.96. The summed E-state index contributed by atoms with van der Waals surface area (Å²) < 4.78 is 31.2. The van der Waals surface area contributed by atoms with E-state index in [1.165, 1.54) is 20.1 Å². The second-order valence-corrected chi connectivity index (χ2v) is 12.8. The number of amides is 2. The van der Waals surface area contributed by atoms with Crippen LogP contribution in [0.4, 0.5) is 29.0 Å². The van der Waals surface area contributed by atoms with Crippen molar-refractivity contribution < 1.29 is 22.7 Å². The number of hydrogen-bond acceptors (Lipinski definition) is 10. The summed E-state index contributed by atoms with van der Waals surface area (Å²) in [5, 5.41) is 12.0. The topological polar surface area (TPSA) is 177 Å². The van der Waals surface area contributed by atoms with Crippen LogP contribution in [0.25, 0.3) is 0 Å². The third-order valence-corrected chi connectivity index (χ3v) is 9.30. The number of carbonyl (C=O) groups excluding carboxylic acids is 2. The fraction of sp³-hybridized carbons (Fsp3) is 0.379. The Hall–Kier alpha value is -4.10. The summed E-state index contributed by atoms with van der Waals surface area (Å²) in [6.45, 7) is 3.28. The molecule has 14 heteroatoms. The lowest BCUT2D eigenvalue weighted by molar-refractivity contribution is -0.119. The molecule has 0 saturated heterocycles. The highest BCUT2D eigenvalue weighted by Crippen LogP contribution is 2.34. The molecule has 12 nitrogen and oxygen atoms in total. The van der Waals surface area contributed by atoms with E-state index in [0.29, 0.717) is 35.5 Å². The van der Waals surface area contributed by atoms with E-state index < -0.39 is 9.84 Å². The molecule has 1 aromatic heterocycles. The molecular weight excluding hydrogens is 594 g/mol. The number of nitrogens with zero attached hydrogens (tertiary/aromatic N) is 2. The number of nitrogens with one attached hydrogen (secondary N) is 4. The minimum absolute atomic E-state index is 0.00972. The Morgan fingerprint density at radius 3 is 2.47 bits per heavy atom. The first kappa shape index (κ1) is 31.8. The molecule has 6 N–H and O–H groups in total. The zero-order valence-electron chi connectivity index (χ0n) is 24.2. The highest BCUT2D eigenvalue weighted by Gasteiger charge is 2.25. The van der Waals surface area contributed by atoms with Crippen LogP contribution in [0.5, 0.6) is 5.75 Å². The molecule has 1 aliphatic rings. The van der Waals surface area contributed by atoms with Gasteiger partial charge in [-0.3, -0.25) is 9.59 Å². The van der Waals surface area contributed by atoms with Gasteiger partial charge in [0.05, 0.1) is 29.1 Å². The SMILES string of the molecule is CCCS(=O)(=O)c1ccccc1Nc1nc(Nc2ccc(C(=O)NC3CCCC(NC(C)=O)C3)cc2OC)nc(N)c1Cl. The first-order valence-electron chi connectivity index (χ1n) is 14.0. The zero-order valence-corrected chi connectivity index (χ0v) is 25.8. The fourth-order valence-electron chi connectivity index (χ4n) is 5.01. The van der Waals surface area contributed by atoms with Gasteiger partial charge in [-0.05, 0) is 62.4 Å². The second-order valence-electron chi connectivity index (χ2n) is 10.3. The van der Waals surface area contributed by atoms with Crippen LogP contribution >= 0.6 is 11.6 Å². The number of methoxy groups -OCH3 is 1. The molecule has 1 heterocycles. The summed E-state index contributed by atoms with van der Waals surface area (Å²) in [5.41, 5.74) is 7.23. The minimum Gasteiger partial charge on any atom is -0.495 e. The molecule has 230 valence electrons. The van der Waals surface area contributed by atoms with Crippen molar-refractivity contribution >= 4 is 62.2 Å². The maximum absolute atomic E-state index is 13.0. The van der Waals surface area contributed by atoms with Gasteiger partial charge in [0.2, 0.25) is 11.9 Å². The Bertz CT molecular complexity index is 1600. The van der Waals surface area contributed by atoms with E-state index in [9.17, 15) is 18.0 Å². The van der Waals surface area contributed by atoms with Gasteiger partial charge in [-0.15, -0.1) is 0 Å². The Kier molecular flexibility index (Phi) is 10.3. The Morgan fingerprint density at radius 2 is 1.77 bits per heavy atom. The third kappa shape index (κ3) is 8.05. The van der Waals surface area contributed by atoms with E-state index in [1.54, 1.807) is 43.3 Å². The number of anilines is 5. The number of carbonyl (C=O) groups is 2. The van der Waals surface area contributed by atoms with Gasteiger partial charge in [0.25, 0.3) is 5.91 Å². The summed E-state index contributed by atoms with van der Waals surface area (Å²) in [4.78, 5) is 33.2. The molecule has 0 aliphatic heterocycles. The maximum Gasteiger partial charge on any atom is 0.251 e. The fourth-order valence-corrected chi connectivity index (χ4v) is 6.64. The number of nitrogen functional groups attached to an aromatic ring is 1. The average molecular weight is 630 g/mol. The molecule has 2 aromatic carbocycles. The molecule has 4 rings (SSSR count). The van der Waals surface area contributed by atoms with Crippen LogP contribution in [0.3, 0.4) is 0 Å². The number of halogens is 1. The van der Waals surface area contributed by atoms with Gasteiger partial charge < -0.3 is 31.7 Å². The zero-order chi connectivity index (χ0) is 31.1. The van der Waals surface area contributed by atoms with Gasteiger partial charge in [0.15, 0.2) is 15.7 Å². The largest absolute Gasteiger partial charge is 0.495 e. The van der Waals surface area contributed by atoms with Crippen LogP contribution in [-0.4, -0.2) is 55.1 Å². The van der Waals surface area contributed by atoms with Gasteiger partial charge in [-0.2, -0.15) is 9.97 Å². The first-order chi connectivity index (χ1) is 20.5. The molecule has 3 aromatic rings. The van der Waals surface area contributed by atoms with Crippen LogP contribution in [0.15, 0.2) is 47.4 Å². The Balaban J connectivity index is 1.53. The van der Waals surface area contributed by atoms with E-state index in [1.807, 2.05) is 0 Å². The number of rotatable bonds is 11. The summed E-state index contributed by atoms with van der Waals surface area (Å²) in [6, 6.07) is 11.4. The lowest BCUT2D eigenvalue weighted by Gasteiger charge is -2.30. The summed E-state index contributed by atoms with van der Waals surface area (Å²) >= 11 is 6.39. The van der Waals surface area contributed by atoms with Gasteiger partial charge in [0.1, 0.15) is 16.6 Å². The van der Waals surface area contributed by atoms with Crippen molar-refractivity contribution in [3.05, 3.63) is 53.1 Å². The van der Waals surface area contributed by atoms with E-state index in [0.717, 1.165) is 19.3 Å². The molecule has 43 heavy (non-hydrogen) atoms. The summed E-state index contributed by atoms with van der Waals surface area (Å²) in [7, 11) is -2.07. The number of ether oxygens (including phenoxy) is 1. The van der Waals surface area contributed by atoms with Crippen molar-refractivity contribution in [2.45, 2.75) is 62.9 Å². The summed E-state index contributed by atoms with van der Waals surface area (Å²) in [6.07, 6.45) is 3.76. The number of nitrogens with two attached hydrogens (primary N) is 1. The van der Waals surface area contributed by atoms with Crippen molar-refractivity contribution in [1.82, 2.24) is 20.6 Å². The van der Waals surface area contributed by atoms with Gasteiger partial charge in [-0.25, -0.2) is 8.42 Å². The van der Waals surface area contributed by atoms with Crippen LogP contribution in [0.1, 0.15) is 56.3 Å². The van der Waals surface area contributed by atoms with Crippen LogP contribution in [-0.2, 0) is 14.6 Å². The highest BCUT2D eigenvalue weighted by atomic mass is 35.5. The molecule has 1 aliphatic carbocycles. The standard InChI is InChI=1S/C29H36ClN7O5S/c1-4-14-43(40,41)24-11-6-5-10-22(24)34-27-25(30)26(31)36-29(37-27)35-21-13-12-18(15-23(21)42-3)28(39)33-20-9-7-8-19(16-20)32-17(2)38/h5-6,10-13,15,19-20H,4,7-9,14,16H2,1-3H3,(H,32,38)(H,33,39)(H4,31,34,35,36,37). The molecule has 0 bridgehead atoms. The van der Waals surface area contributed by atoms with Gasteiger partial charge in [-0.1, -0.05) is 30.7 Å². The van der Waals surface area contributed by atoms with Gasteiger partial charge >= 0.3 is 0 Å². The minimum atomic E-state index is -3.54. The Morgan fingerprint density at radius 1 is 1.05 bits per heavy atom. The number of hydrogen-bond donors (Lipinski definition) is 5. The van der Waals surface area contributed by atoms with Crippen LogP contribution in [0.2, 0.25) is 5.02 Å². The van der Waals surface area contributed by atoms with Crippen molar-refractivity contribution in [1.29, 1.82) is 0 Å². The normalized spacial score (nSPS) is 16.7. The molecule has 2 unspecified atom stereocenters. The van der Waals surface area contributed by atoms with Crippen molar-refractivity contribution in [2.75, 3.05) is 29.2 Å². The maximum atomic E-state index is 13.0. The Labute approximate surface area is 256 Å². The number of aromatic nitrogens is 2. The predicted molar refractivity (Wildman–Crippen MR) is 167 cm³/mol. The number of para-hydroxylation sites is 1.